The number of nitrogens with zero attached hydrogens (tertiary/aromatic N) is 4. The number of ether oxygens (including phenoxy) is 2. The number of aryl methyl sites for hydroxylation is 3. The Balaban J connectivity index is 1.47. The number of benzene rings is 2. The topological polar surface area (TPSA) is 64.4 Å². The minimum Gasteiger partial charge on any atom is -0.494 e. The molecule has 1 aliphatic rings. The lowest BCUT2D eigenvalue weighted by molar-refractivity contribution is 0.336. The Hall–Kier alpha value is -3.74. The highest BCUT2D eigenvalue weighted by Crippen LogP contribution is 2.38. The van der Waals surface area contributed by atoms with Gasteiger partial charge in [0.15, 0.2) is 5.82 Å². The largest absolute Gasteiger partial charge is 0.494 e. The van der Waals surface area contributed by atoms with Gasteiger partial charge >= 0.3 is 0 Å². The molecule has 0 bridgehead atoms. The standard InChI is InChI=1S/C29H35N5O2/c1-6-36-24-12-13-25(26(18-24)35-5)34-20(3)27-19(2)31-32-29(28(27)21(34)4)30-22-14-16-33(17-15-22)23-10-8-7-9-11-23/h7-13,18,22H,6,14-17H2,1-5H3,(H,30,32). The van der Waals surface area contributed by atoms with Crippen LogP contribution in [0.25, 0.3) is 16.5 Å². The highest BCUT2D eigenvalue weighted by Gasteiger charge is 2.24. The Morgan fingerprint density at radius 1 is 0.944 bits per heavy atom. The molecular weight excluding hydrogens is 450 g/mol. The van der Waals surface area contributed by atoms with Crippen molar-refractivity contribution >= 4 is 22.3 Å². The summed E-state index contributed by atoms with van der Waals surface area (Å²) in [7, 11) is 1.70. The Morgan fingerprint density at radius 3 is 2.36 bits per heavy atom. The van der Waals surface area contributed by atoms with Gasteiger partial charge in [-0.15, -0.1) is 5.10 Å². The first-order valence-corrected chi connectivity index (χ1v) is 12.7. The van der Waals surface area contributed by atoms with Gasteiger partial charge in [-0.25, -0.2) is 0 Å². The van der Waals surface area contributed by atoms with Crippen LogP contribution in [0.1, 0.15) is 36.8 Å². The van der Waals surface area contributed by atoms with E-state index in [4.69, 9.17) is 9.47 Å². The van der Waals surface area contributed by atoms with Crippen molar-refractivity contribution in [2.24, 2.45) is 0 Å². The van der Waals surface area contributed by atoms with Gasteiger partial charge in [-0.2, -0.15) is 5.10 Å². The van der Waals surface area contributed by atoms with Crippen LogP contribution in [0, 0.1) is 20.8 Å². The van der Waals surface area contributed by atoms with Crippen LogP contribution in [0.3, 0.4) is 0 Å². The summed E-state index contributed by atoms with van der Waals surface area (Å²) < 4.78 is 13.7. The van der Waals surface area contributed by atoms with Crippen molar-refractivity contribution in [3.63, 3.8) is 0 Å². The average molecular weight is 486 g/mol. The van der Waals surface area contributed by atoms with E-state index in [0.717, 1.165) is 76.8 Å². The van der Waals surface area contributed by atoms with Gasteiger partial charge in [-0.1, -0.05) is 18.2 Å². The second-order valence-electron chi connectivity index (χ2n) is 9.40. The van der Waals surface area contributed by atoms with Crippen LogP contribution < -0.4 is 19.7 Å². The van der Waals surface area contributed by atoms with Gasteiger partial charge in [-0.05, 0) is 64.8 Å². The Kier molecular flexibility index (Phi) is 6.72. The highest BCUT2D eigenvalue weighted by molar-refractivity contribution is 5.98. The zero-order valence-corrected chi connectivity index (χ0v) is 21.8. The Morgan fingerprint density at radius 2 is 1.67 bits per heavy atom. The zero-order chi connectivity index (χ0) is 25.2. The summed E-state index contributed by atoms with van der Waals surface area (Å²) in [5.41, 5.74) is 5.44. The third kappa shape index (κ3) is 4.34. The quantitative estimate of drug-likeness (QED) is 0.355. The van der Waals surface area contributed by atoms with Crippen molar-refractivity contribution in [3.05, 3.63) is 65.6 Å². The van der Waals surface area contributed by atoms with Crippen molar-refractivity contribution in [3.8, 4) is 17.2 Å². The SMILES string of the molecule is CCOc1ccc(-n2c(C)c3c(C)nnc(NC4CCN(c5ccccc5)CC4)c3c2C)c(OC)c1. The first kappa shape index (κ1) is 24.0. The Labute approximate surface area is 213 Å². The van der Waals surface area contributed by atoms with E-state index in [1.807, 2.05) is 26.0 Å². The molecule has 4 aromatic rings. The number of nitrogens with one attached hydrogen (secondary N) is 1. The number of para-hydroxylation sites is 1. The van der Waals surface area contributed by atoms with E-state index in [2.05, 4.69) is 75.2 Å². The number of anilines is 2. The molecule has 1 saturated heterocycles. The molecule has 36 heavy (non-hydrogen) atoms. The van der Waals surface area contributed by atoms with E-state index in [9.17, 15) is 0 Å². The molecule has 0 radical (unpaired) electrons. The molecule has 0 unspecified atom stereocenters. The van der Waals surface area contributed by atoms with Gasteiger partial charge in [0.1, 0.15) is 11.5 Å². The molecule has 5 rings (SSSR count). The van der Waals surface area contributed by atoms with Crippen LogP contribution >= 0.6 is 0 Å². The maximum atomic E-state index is 5.77. The van der Waals surface area contributed by atoms with Crippen molar-refractivity contribution in [2.75, 3.05) is 37.0 Å². The summed E-state index contributed by atoms with van der Waals surface area (Å²) in [4.78, 5) is 2.46. The fourth-order valence-corrected chi connectivity index (χ4v) is 5.47. The monoisotopic (exact) mass is 485 g/mol. The van der Waals surface area contributed by atoms with E-state index in [1.54, 1.807) is 7.11 Å². The van der Waals surface area contributed by atoms with Crippen LogP contribution in [0.5, 0.6) is 11.5 Å². The van der Waals surface area contributed by atoms with Crippen molar-refractivity contribution in [2.45, 2.75) is 46.6 Å². The molecule has 0 saturated carbocycles. The third-order valence-corrected chi connectivity index (χ3v) is 7.20. The minimum absolute atomic E-state index is 0.355. The summed E-state index contributed by atoms with van der Waals surface area (Å²) in [6.45, 7) is 11.0. The molecule has 0 amide bonds. The number of piperidine rings is 1. The zero-order valence-electron chi connectivity index (χ0n) is 21.8. The summed E-state index contributed by atoms with van der Waals surface area (Å²) >= 11 is 0. The summed E-state index contributed by atoms with van der Waals surface area (Å²) in [6.07, 6.45) is 2.11. The molecule has 2 aromatic heterocycles. The van der Waals surface area contributed by atoms with Gasteiger partial charge in [-0.3, -0.25) is 0 Å². The number of fused-ring (bicyclic) bond motifs is 1. The summed E-state index contributed by atoms with van der Waals surface area (Å²) in [5.74, 6) is 2.43. The van der Waals surface area contributed by atoms with Crippen molar-refractivity contribution < 1.29 is 9.47 Å². The maximum Gasteiger partial charge on any atom is 0.158 e. The lowest BCUT2D eigenvalue weighted by Gasteiger charge is -2.34. The molecule has 0 aliphatic carbocycles. The summed E-state index contributed by atoms with van der Waals surface area (Å²) in [6, 6.07) is 17.0. The molecule has 1 N–H and O–H groups in total. The molecular formula is C29H35N5O2. The third-order valence-electron chi connectivity index (χ3n) is 7.20. The number of rotatable bonds is 7. The van der Waals surface area contributed by atoms with Gasteiger partial charge in [0.05, 0.1) is 25.1 Å². The van der Waals surface area contributed by atoms with Crippen LogP contribution in [0.2, 0.25) is 0 Å². The second-order valence-corrected chi connectivity index (χ2v) is 9.40. The number of methoxy groups -OCH3 is 1. The smallest absolute Gasteiger partial charge is 0.158 e. The van der Waals surface area contributed by atoms with E-state index in [0.29, 0.717) is 12.6 Å². The molecule has 7 nitrogen and oxygen atoms in total. The van der Waals surface area contributed by atoms with Crippen LogP contribution in [-0.4, -0.2) is 47.6 Å². The Bertz CT molecular complexity index is 1360. The normalized spacial score (nSPS) is 14.3. The first-order chi connectivity index (χ1) is 17.5. The fourth-order valence-electron chi connectivity index (χ4n) is 5.47. The molecule has 1 aliphatic heterocycles. The summed E-state index contributed by atoms with van der Waals surface area (Å²) in [5, 5.41) is 15.2. The molecule has 2 aromatic carbocycles. The number of hydrogen-bond acceptors (Lipinski definition) is 6. The molecule has 0 spiro atoms. The fraction of sp³-hybridized carbons (Fsp3) is 0.379. The molecule has 7 heteroatoms. The first-order valence-electron chi connectivity index (χ1n) is 12.7. The average Bonchev–Trinajstić information content (AvgIpc) is 3.17. The van der Waals surface area contributed by atoms with E-state index in [-0.39, 0.29) is 0 Å². The van der Waals surface area contributed by atoms with Gasteiger partial charge in [0.25, 0.3) is 0 Å². The second kappa shape index (κ2) is 10.1. The lowest BCUT2D eigenvalue weighted by atomic mass is 10.0. The highest BCUT2D eigenvalue weighted by atomic mass is 16.5. The predicted octanol–water partition coefficient (Wildman–Crippen LogP) is 5.83. The van der Waals surface area contributed by atoms with Crippen LogP contribution in [-0.2, 0) is 0 Å². The predicted molar refractivity (Wildman–Crippen MR) is 146 cm³/mol. The van der Waals surface area contributed by atoms with Crippen LogP contribution in [0.4, 0.5) is 11.5 Å². The van der Waals surface area contributed by atoms with Gasteiger partial charge in [0.2, 0.25) is 0 Å². The maximum absolute atomic E-state index is 5.77. The van der Waals surface area contributed by atoms with E-state index in [1.165, 1.54) is 5.69 Å². The molecule has 0 atom stereocenters. The van der Waals surface area contributed by atoms with Crippen molar-refractivity contribution in [1.82, 2.24) is 14.8 Å². The van der Waals surface area contributed by atoms with Crippen molar-refractivity contribution in [1.29, 1.82) is 0 Å². The number of aromatic nitrogens is 3. The minimum atomic E-state index is 0.355. The van der Waals surface area contributed by atoms with Crippen LogP contribution in [0.15, 0.2) is 48.5 Å². The molecule has 188 valence electrons. The van der Waals surface area contributed by atoms with E-state index < -0.39 is 0 Å². The number of hydrogen-bond donors (Lipinski definition) is 1. The molecule has 1 fully saturated rings. The molecule has 3 heterocycles. The van der Waals surface area contributed by atoms with E-state index >= 15 is 0 Å². The van der Waals surface area contributed by atoms with Gasteiger partial charge < -0.3 is 24.3 Å². The lowest BCUT2D eigenvalue weighted by Crippen LogP contribution is -2.39. The van der Waals surface area contributed by atoms with Gasteiger partial charge in [0, 0.05) is 53.0 Å².